The van der Waals surface area contributed by atoms with E-state index in [1.165, 1.54) is 12.0 Å². The highest BCUT2D eigenvalue weighted by atomic mass is 32.2. The number of aromatic nitrogens is 2. The first-order chi connectivity index (χ1) is 11.8. The van der Waals surface area contributed by atoms with Gasteiger partial charge in [0.25, 0.3) is 0 Å². The molecule has 6 heteroatoms. The molecule has 0 saturated carbocycles. The Balaban J connectivity index is 1.51. The number of nitrogens with zero attached hydrogens (tertiary/aromatic N) is 2. The molecule has 120 valence electrons. The van der Waals surface area contributed by atoms with Crippen LogP contribution in [0.4, 0.5) is 5.69 Å². The van der Waals surface area contributed by atoms with Crippen molar-refractivity contribution >= 4 is 23.4 Å². The number of anilines is 1. The first-order valence-corrected chi connectivity index (χ1v) is 8.73. The third-order valence-corrected chi connectivity index (χ3v) is 5.23. The number of benzene rings is 2. The van der Waals surface area contributed by atoms with Gasteiger partial charge in [0, 0.05) is 11.3 Å². The lowest BCUT2D eigenvalue weighted by atomic mass is 10.0. The number of fused-ring (bicyclic) bond motifs is 1. The molecule has 1 aliphatic heterocycles. The molecule has 1 aliphatic rings. The normalized spacial score (nSPS) is 16.4. The summed E-state index contributed by atoms with van der Waals surface area (Å²) in [5, 5.41) is 10.4. The summed E-state index contributed by atoms with van der Waals surface area (Å²) in [5.74, 6) is 1.44. The molecule has 0 radical (unpaired) electrons. The number of carbonyl (C=O) groups is 1. The molecular formula is C18H15N3O2S. The van der Waals surface area contributed by atoms with E-state index in [9.17, 15) is 4.79 Å². The van der Waals surface area contributed by atoms with E-state index in [2.05, 4.69) is 21.6 Å². The predicted octanol–water partition coefficient (Wildman–Crippen LogP) is 3.71. The topological polar surface area (TPSA) is 68.0 Å². The summed E-state index contributed by atoms with van der Waals surface area (Å²) < 4.78 is 5.16. The molecule has 0 fully saturated rings. The summed E-state index contributed by atoms with van der Waals surface area (Å²) in [4.78, 5) is 12.7. The summed E-state index contributed by atoms with van der Waals surface area (Å²) >= 11 is 1.69. The van der Waals surface area contributed by atoms with Crippen molar-refractivity contribution < 1.29 is 9.21 Å². The van der Waals surface area contributed by atoms with Gasteiger partial charge in [-0.05, 0) is 47.6 Å². The summed E-state index contributed by atoms with van der Waals surface area (Å²) in [6.07, 6.45) is 2.31. The van der Waals surface area contributed by atoms with Gasteiger partial charge in [0.05, 0.1) is 0 Å². The third-order valence-electron chi connectivity index (χ3n) is 3.99. The summed E-state index contributed by atoms with van der Waals surface area (Å²) in [6, 6.07) is 15.6. The van der Waals surface area contributed by atoms with Gasteiger partial charge in [-0.15, -0.1) is 22.0 Å². The maximum atomic E-state index is 12.7. The lowest BCUT2D eigenvalue weighted by Gasteiger charge is -2.24. The minimum Gasteiger partial charge on any atom is -0.423 e. The Labute approximate surface area is 143 Å². The van der Waals surface area contributed by atoms with Gasteiger partial charge in [0.15, 0.2) is 0 Å². The molecule has 24 heavy (non-hydrogen) atoms. The van der Waals surface area contributed by atoms with Gasteiger partial charge in [-0.25, -0.2) is 0 Å². The lowest BCUT2D eigenvalue weighted by Crippen LogP contribution is -2.23. The molecule has 0 aliphatic carbocycles. The van der Waals surface area contributed by atoms with Crippen LogP contribution in [0.15, 0.2) is 59.3 Å². The monoisotopic (exact) mass is 337 g/mol. The fourth-order valence-electron chi connectivity index (χ4n) is 2.81. The van der Waals surface area contributed by atoms with Gasteiger partial charge in [0.1, 0.15) is 5.25 Å². The maximum Gasteiger partial charge on any atom is 0.247 e. The molecule has 0 spiro atoms. The summed E-state index contributed by atoms with van der Waals surface area (Å²) in [5.41, 5.74) is 3.96. The van der Waals surface area contributed by atoms with Crippen molar-refractivity contribution in [3.63, 3.8) is 0 Å². The van der Waals surface area contributed by atoms with E-state index >= 15 is 0 Å². The molecule has 3 aromatic rings. The standard InChI is InChI=1S/C18H15N3O2S/c22-17(16-15-4-2-1-3-12(15)9-10-24-16)20-14-7-5-13(6-8-14)18-21-19-11-23-18/h1-8,11,16H,9-10H2,(H,20,22). The fourth-order valence-corrected chi connectivity index (χ4v) is 4.01. The van der Waals surface area contributed by atoms with E-state index in [1.807, 2.05) is 42.5 Å². The molecular weight excluding hydrogens is 322 g/mol. The first-order valence-electron chi connectivity index (χ1n) is 7.68. The van der Waals surface area contributed by atoms with Gasteiger partial charge in [-0.1, -0.05) is 24.3 Å². The van der Waals surface area contributed by atoms with Crippen molar-refractivity contribution in [2.24, 2.45) is 0 Å². The van der Waals surface area contributed by atoms with Crippen LogP contribution in [-0.4, -0.2) is 21.9 Å². The minimum atomic E-state index is -0.162. The Hall–Kier alpha value is -2.60. The molecule has 4 rings (SSSR count). The number of hydrogen-bond donors (Lipinski definition) is 1. The number of amides is 1. The minimum absolute atomic E-state index is 0.0118. The second-order valence-electron chi connectivity index (χ2n) is 5.51. The molecule has 1 amide bonds. The van der Waals surface area contributed by atoms with Gasteiger partial charge >= 0.3 is 0 Å². The maximum absolute atomic E-state index is 12.7. The molecule has 0 bridgehead atoms. The number of aryl methyl sites for hydroxylation is 1. The van der Waals surface area contributed by atoms with Crippen molar-refractivity contribution in [2.45, 2.75) is 11.7 Å². The predicted molar refractivity (Wildman–Crippen MR) is 93.7 cm³/mol. The Bertz CT molecular complexity index is 847. The Kier molecular flexibility index (Phi) is 4.04. The summed E-state index contributed by atoms with van der Waals surface area (Å²) in [6.45, 7) is 0. The Morgan fingerprint density at radius 3 is 2.79 bits per heavy atom. The van der Waals surface area contributed by atoms with Gasteiger partial charge in [-0.2, -0.15) is 0 Å². The van der Waals surface area contributed by atoms with E-state index in [0.717, 1.165) is 29.0 Å². The van der Waals surface area contributed by atoms with E-state index in [-0.39, 0.29) is 11.2 Å². The highest BCUT2D eigenvalue weighted by molar-refractivity contribution is 8.00. The van der Waals surface area contributed by atoms with E-state index in [4.69, 9.17) is 4.42 Å². The molecule has 1 atom stereocenters. The van der Waals surface area contributed by atoms with Crippen LogP contribution in [0, 0.1) is 0 Å². The first kappa shape index (κ1) is 15.0. The van der Waals surface area contributed by atoms with Crippen LogP contribution in [0.2, 0.25) is 0 Å². The van der Waals surface area contributed by atoms with Crippen molar-refractivity contribution in [1.29, 1.82) is 0 Å². The summed E-state index contributed by atoms with van der Waals surface area (Å²) in [7, 11) is 0. The molecule has 2 heterocycles. The van der Waals surface area contributed by atoms with Crippen molar-refractivity contribution in [2.75, 3.05) is 11.1 Å². The smallest absolute Gasteiger partial charge is 0.247 e. The second-order valence-corrected chi connectivity index (χ2v) is 6.72. The average molecular weight is 337 g/mol. The Morgan fingerprint density at radius 1 is 1.17 bits per heavy atom. The van der Waals surface area contributed by atoms with Crippen LogP contribution in [0.1, 0.15) is 16.4 Å². The number of hydrogen-bond acceptors (Lipinski definition) is 5. The zero-order valence-electron chi connectivity index (χ0n) is 12.8. The molecule has 1 aromatic heterocycles. The highest BCUT2D eigenvalue weighted by Crippen LogP contribution is 2.37. The number of carbonyl (C=O) groups excluding carboxylic acids is 1. The van der Waals surface area contributed by atoms with Crippen molar-refractivity contribution in [3.05, 3.63) is 66.1 Å². The molecule has 5 nitrogen and oxygen atoms in total. The average Bonchev–Trinajstić information content (AvgIpc) is 3.16. The lowest BCUT2D eigenvalue weighted by molar-refractivity contribution is -0.115. The zero-order valence-corrected chi connectivity index (χ0v) is 13.6. The highest BCUT2D eigenvalue weighted by Gasteiger charge is 2.26. The number of rotatable bonds is 3. The van der Waals surface area contributed by atoms with E-state index in [1.54, 1.807) is 11.8 Å². The van der Waals surface area contributed by atoms with Crippen LogP contribution in [0.3, 0.4) is 0 Å². The van der Waals surface area contributed by atoms with Gasteiger partial charge in [-0.3, -0.25) is 4.79 Å². The number of nitrogens with one attached hydrogen (secondary N) is 1. The van der Waals surface area contributed by atoms with Crippen LogP contribution >= 0.6 is 11.8 Å². The SMILES string of the molecule is O=C(Nc1ccc(-c2nnco2)cc1)C1SCCc2ccccc21. The molecule has 1 N–H and O–H groups in total. The molecule has 0 saturated heterocycles. The van der Waals surface area contributed by atoms with E-state index < -0.39 is 0 Å². The van der Waals surface area contributed by atoms with Crippen molar-refractivity contribution in [1.82, 2.24) is 10.2 Å². The van der Waals surface area contributed by atoms with Crippen LogP contribution in [0.25, 0.3) is 11.5 Å². The van der Waals surface area contributed by atoms with Gasteiger partial charge < -0.3 is 9.73 Å². The third kappa shape index (κ3) is 2.92. The van der Waals surface area contributed by atoms with Crippen LogP contribution in [0.5, 0.6) is 0 Å². The van der Waals surface area contributed by atoms with Gasteiger partial charge in [0.2, 0.25) is 18.2 Å². The Morgan fingerprint density at radius 2 is 2.00 bits per heavy atom. The quantitative estimate of drug-likeness (QED) is 0.789. The number of thioether (sulfide) groups is 1. The molecule has 2 aromatic carbocycles. The molecule has 1 unspecified atom stereocenters. The largest absolute Gasteiger partial charge is 0.423 e. The van der Waals surface area contributed by atoms with Crippen LogP contribution in [-0.2, 0) is 11.2 Å². The van der Waals surface area contributed by atoms with E-state index in [0.29, 0.717) is 5.89 Å². The fraction of sp³-hybridized carbons (Fsp3) is 0.167. The second kappa shape index (κ2) is 6.49. The van der Waals surface area contributed by atoms with Crippen molar-refractivity contribution in [3.8, 4) is 11.5 Å². The zero-order chi connectivity index (χ0) is 16.4. The van der Waals surface area contributed by atoms with Crippen LogP contribution < -0.4 is 5.32 Å².